The summed E-state index contributed by atoms with van der Waals surface area (Å²) in [5.41, 5.74) is 0. The predicted octanol–water partition coefficient (Wildman–Crippen LogP) is 5.42. The summed E-state index contributed by atoms with van der Waals surface area (Å²) in [7, 11) is 1.46. The second kappa shape index (κ2) is 15.3. The van der Waals surface area contributed by atoms with Gasteiger partial charge < -0.3 is 4.74 Å². The molecule has 2 heteroatoms. The Morgan fingerprint density at radius 1 is 0.842 bits per heavy atom. The van der Waals surface area contributed by atoms with E-state index in [0.29, 0.717) is 6.42 Å². The fraction of sp³-hybridized carbons (Fsp3) is 0.824. The van der Waals surface area contributed by atoms with Gasteiger partial charge in [0.25, 0.3) is 0 Å². The molecule has 19 heavy (non-hydrogen) atoms. The Bertz CT molecular complexity index is 221. The zero-order chi connectivity index (χ0) is 14.2. The van der Waals surface area contributed by atoms with Gasteiger partial charge in [0, 0.05) is 6.42 Å². The first-order valence-corrected chi connectivity index (χ1v) is 8.03. The van der Waals surface area contributed by atoms with Crippen LogP contribution in [-0.2, 0) is 9.53 Å². The number of unbranched alkanes of at least 4 members (excludes halogenated alkanes) is 9. The van der Waals surface area contributed by atoms with E-state index >= 15 is 0 Å². The van der Waals surface area contributed by atoms with Crippen LogP contribution in [0.1, 0.15) is 84.0 Å². The first-order chi connectivity index (χ1) is 9.31. The van der Waals surface area contributed by atoms with Crippen LogP contribution in [0.4, 0.5) is 0 Å². The molecule has 0 N–H and O–H groups in total. The van der Waals surface area contributed by atoms with E-state index in [2.05, 4.69) is 23.8 Å². The van der Waals surface area contributed by atoms with Crippen molar-refractivity contribution in [2.75, 3.05) is 7.11 Å². The molecule has 2 nitrogen and oxygen atoms in total. The lowest BCUT2D eigenvalue weighted by atomic mass is 10.1. The highest BCUT2D eigenvalue weighted by Crippen LogP contribution is 2.10. The number of ether oxygens (including phenoxy) is 1. The van der Waals surface area contributed by atoms with Crippen molar-refractivity contribution >= 4 is 5.97 Å². The van der Waals surface area contributed by atoms with Gasteiger partial charge in [0.05, 0.1) is 7.11 Å². The highest BCUT2D eigenvalue weighted by atomic mass is 16.5. The Hall–Kier alpha value is -0.790. The number of carbonyl (C=O) groups is 1. The molecule has 0 spiro atoms. The molecule has 0 aliphatic rings. The number of hydrogen-bond acceptors (Lipinski definition) is 2. The fourth-order valence-electron chi connectivity index (χ4n) is 2.08. The maximum atomic E-state index is 10.9. The van der Waals surface area contributed by atoms with Gasteiger partial charge in [-0.15, -0.1) is 0 Å². The van der Waals surface area contributed by atoms with Crippen molar-refractivity contribution in [2.24, 2.45) is 0 Å². The highest BCUT2D eigenvalue weighted by Gasteiger charge is 1.98. The van der Waals surface area contributed by atoms with E-state index in [4.69, 9.17) is 0 Å². The molecule has 0 saturated carbocycles. The van der Waals surface area contributed by atoms with Crippen molar-refractivity contribution in [2.45, 2.75) is 84.0 Å². The Morgan fingerprint density at radius 3 is 1.95 bits per heavy atom. The third-order valence-electron chi connectivity index (χ3n) is 3.37. The number of hydrogen-bond donors (Lipinski definition) is 0. The third kappa shape index (κ3) is 15.2. The third-order valence-corrected chi connectivity index (χ3v) is 3.37. The van der Waals surface area contributed by atoms with E-state index in [1.807, 2.05) is 0 Å². The Kier molecular flexibility index (Phi) is 14.6. The fourth-order valence-corrected chi connectivity index (χ4v) is 2.08. The van der Waals surface area contributed by atoms with Crippen LogP contribution in [0.15, 0.2) is 12.2 Å². The maximum Gasteiger partial charge on any atom is 0.305 e. The molecular weight excluding hydrogens is 236 g/mol. The molecule has 0 aromatic rings. The van der Waals surface area contributed by atoms with Crippen LogP contribution in [0.25, 0.3) is 0 Å². The summed E-state index contributed by atoms with van der Waals surface area (Å²) in [6.45, 7) is 2.24. The van der Waals surface area contributed by atoms with Crippen molar-refractivity contribution in [1.82, 2.24) is 0 Å². The number of methoxy groups -OCH3 is 1. The Labute approximate surface area is 119 Å². The van der Waals surface area contributed by atoms with Gasteiger partial charge in [-0.25, -0.2) is 0 Å². The first kappa shape index (κ1) is 18.2. The van der Waals surface area contributed by atoms with Crippen LogP contribution in [0.3, 0.4) is 0 Å². The van der Waals surface area contributed by atoms with E-state index in [1.54, 1.807) is 0 Å². The lowest BCUT2D eigenvalue weighted by Crippen LogP contribution is -1.99. The maximum absolute atomic E-state index is 10.9. The summed E-state index contributed by atoms with van der Waals surface area (Å²) in [5.74, 6) is -0.0742. The van der Waals surface area contributed by atoms with Crippen LogP contribution in [0, 0.1) is 0 Å². The van der Waals surface area contributed by atoms with Gasteiger partial charge in [0.15, 0.2) is 0 Å². The van der Waals surface area contributed by atoms with E-state index in [0.717, 1.165) is 12.8 Å². The average Bonchev–Trinajstić information content (AvgIpc) is 2.43. The van der Waals surface area contributed by atoms with Gasteiger partial charge in [0.2, 0.25) is 0 Å². The molecule has 0 heterocycles. The Balaban J connectivity index is 3.06. The SMILES string of the molecule is CCCCC=CCCCCCCCCCC(=O)OC. The first-order valence-electron chi connectivity index (χ1n) is 8.03. The normalized spacial score (nSPS) is 11.1. The quantitative estimate of drug-likeness (QED) is 0.253. The largest absolute Gasteiger partial charge is 0.469 e. The summed E-state index contributed by atoms with van der Waals surface area (Å²) in [5, 5.41) is 0. The van der Waals surface area contributed by atoms with E-state index < -0.39 is 0 Å². The minimum atomic E-state index is -0.0742. The molecule has 0 radical (unpaired) electrons. The molecule has 0 atom stereocenters. The lowest BCUT2D eigenvalue weighted by Gasteiger charge is -2.01. The standard InChI is InChI=1S/C17H32O2/c1-3-4-5-6-7-8-9-10-11-12-13-14-15-16-17(18)19-2/h6-7H,3-5,8-16H2,1-2H3. The molecule has 0 unspecified atom stereocenters. The van der Waals surface area contributed by atoms with Crippen LogP contribution in [-0.4, -0.2) is 13.1 Å². The number of allylic oxidation sites excluding steroid dienone is 2. The van der Waals surface area contributed by atoms with Crippen LogP contribution < -0.4 is 0 Å². The van der Waals surface area contributed by atoms with Crippen molar-refractivity contribution in [3.63, 3.8) is 0 Å². The van der Waals surface area contributed by atoms with E-state index in [-0.39, 0.29) is 5.97 Å². The molecule has 0 aliphatic carbocycles. The van der Waals surface area contributed by atoms with Gasteiger partial charge >= 0.3 is 5.97 Å². The molecule has 0 aromatic heterocycles. The van der Waals surface area contributed by atoms with Gasteiger partial charge in [-0.2, -0.15) is 0 Å². The molecular formula is C17H32O2. The van der Waals surface area contributed by atoms with Crippen molar-refractivity contribution in [1.29, 1.82) is 0 Å². The zero-order valence-corrected chi connectivity index (χ0v) is 13.0. The summed E-state index contributed by atoms with van der Waals surface area (Å²) in [4.78, 5) is 10.9. The van der Waals surface area contributed by atoms with Gasteiger partial charge in [-0.1, -0.05) is 64.0 Å². The van der Waals surface area contributed by atoms with Crippen molar-refractivity contribution < 1.29 is 9.53 Å². The Morgan fingerprint density at radius 2 is 1.37 bits per heavy atom. The smallest absolute Gasteiger partial charge is 0.305 e. The molecule has 0 amide bonds. The summed E-state index contributed by atoms with van der Waals surface area (Å²) in [6.07, 6.45) is 19.1. The predicted molar refractivity (Wildman–Crippen MR) is 82.2 cm³/mol. The van der Waals surface area contributed by atoms with Gasteiger partial charge in [-0.05, 0) is 25.7 Å². The van der Waals surface area contributed by atoms with E-state index in [9.17, 15) is 4.79 Å². The number of esters is 1. The van der Waals surface area contributed by atoms with Crippen molar-refractivity contribution in [3.05, 3.63) is 12.2 Å². The molecule has 112 valence electrons. The van der Waals surface area contributed by atoms with Gasteiger partial charge in [0.1, 0.15) is 0 Å². The second-order valence-corrected chi connectivity index (χ2v) is 5.20. The van der Waals surface area contributed by atoms with Crippen LogP contribution in [0.5, 0.6) is 0 Å². The highest BCUT2D eigenvalue weighted by molar-refractivity contribution is 5.68. The monoisotopic (exact) mass is 268 g/mol. The topological polar surface area (TPSA) is 26.3 Å². The summed E-state index contributed by atoms with van der Waals surface area (Å²) < 4.78 is 4.61. The van der Waals surface area contributed by atoms with E-state index in [1.165, 1.54) is 64.9 Å². The number of carbonyl (C=O) groups excluding carboxylic acids is 1. The molecule has 0 rings (SSSR count). The average molecular weight is 268 g/mol. The van der Waals surface area contributed by atoms with Crippen LogP contribution >= 0.6 is 0 Å². The minimum Gasteiger partial charge on any atom is -0.469 e. The lowest BCUT2D eigenvalue weighted by molar-refractivity contribution is -0.140. The van der Waals surface area contributed by atoms with Gasteiger partial charge in [-0.3, -0.25) is 4.79 Å². The minimum absolute atomic E-state index is 0.0742. The second-order valence-electron chi connectivity index (χ2n) is 5.20. The zero-order valence-electron chi connectivity index (χ0n) is 13.0. The molecule has 0 bridgehead atoms. The number of rotatable bonds is 13. The summed E-state index contributed by atoms with van der Waals surface area (Å²) >= 11 is 0. The summed E-state index contributed by atoms with van der Waals surface area (Å²) in [6, 6.07) is 0. The molecule has 0 aromatic carbocycles. The molecule has 0 fully saturated rings. The van der Waals surface area contributed by atoms with Crippen LogP contribution in [0.2, 0.25) is 0 Å². The molecule has 0 aliphatic heterocycles. The molecule has 0 saturated heterocycles. The van der Waals surface area contributed by atoms with Crippen molar-refractivity contribution in [3.8, 4) is 0 Å².